The summed E-state index contributed by atoms with van der Waals surface area (Å²) in [6.07, 6.45) is 6.14. The number of nitriles is 1. The van der Waals surface area contributed by atoms with E-state index < -0.39 is 0 Å². The van der Waals surface area contributed by atoms with E-state index in [1.807, 2.05) is 19.1 Å². The molecule has 0 radical (unpaired) electrons. The second kappa shape index (κ2) is 5.86. The highest BCUT2D eigenvalue weighted by Crippen LogP contribution is 2.27. The molecule has 1 unspecified atom stereocenters. The minimum Gasteiger partial charge on any atom is -0.353 e. The van der Waals surface area contributed by atoms with Gasteiger partial charge in [-0.05, 0) is 38.3 Å². The van der Waals surface area contributed by atoms with Crippen LogP contribution in [0.2, 0.25) is 0 Å². The first-order valence-corrected chi connectivity index (χ1v) is 6.90. The van der Waals surface area contributed by atoms with Crippen molar-refractivity contribution in [3.63, 3.8) is 0 Å². The van der Waals surface area contributed by atoms with Gasteiger partial charge in [0.1, 0.15) is 11.9 Å². The van der Waals surface area contributed by atoms with E-state index in [2.05, 4.69) is 22.9 Å². The summed E-state index contributed by atoms with van der Waals surface area (Å²) in [4.78, 5) is 6.97. The maximum Gasteiger partial charge on any atom is 0.147 e. The molecule has 2 rings (SSSR count). The third-order valence-corrected chi connectivity index (χ3v) is 3.76. The first kappa shape index (κ1) is 12.9. The number of anilines is 1. The van der Waals surface area contributed by atoms with Crippen LogP contribution >= 0.6 is 0 Å². The standard InChI is InChI=1S/C15H21N3/c1-3-14-7-5-4-6-10-18(14)15-13(11-16)9-8-12(2)17-15/h8-9,14H,3-7,10H2,1-2H3. The smallest absolute Gasteiger partial charge is 0.147 e. The van der Waals surface area contributed by atoms with Gasteiger partial charge in [0, 0.05) is 18.3 Å². The van der Waals surface area contributed by atoms with E-state index >= 15 is 0 Å². The van der Waals surface area contributed by atoms with Gasteiger partial charge in [-0.3, -0.25) is 0 Å². The van der Waals surface area contributed by atoms with E-state index in [1.165, 1.54) is 25.7 Å². The van der Waals surface area contributed by atoms with E-state index in [4.69, 9.17) is 0 Å². The van der Waals surface area contributed by atoms with Crippen LogP contribution in [0.25, 0.3) is 0 Å². The van der Waals surface area contributed by atoms with Crippen LogP contribution in [0, 0.1) is 18.3 Å². The predicted molar refractivity (Wildman–Crippen MR) is 73.6 cm³/mol. The van der Waals surface area contributed by atoms with Crippen LogP contribution in [0.1, 0.15) is 50.3 Å². The summed E-state index contributed by atoms with van der Waals surface area (Å²) in [7, 11) is 0. The van der Waals surface area contributed by atoms with Gasteiger partial charge < -0.3 is 4.90 Å². The summed E-state index contributed by atoms with van der Waals surface area (Å²) < 4.78 is 0. The monoisotopic (exact) mass is 243 g/mol. The van der Waals surface area contributed by atoms with Crippen LogP contribution in [0.3, 0.4) is 0 Å². The molecule has 1 fully saturated rings. The predicted octanol–water partition coefficient (Wildman–Crippen LogP) is 3.42. The maximum absolute atomic E-state index is 9.25. The van der Waals surface area contributed by atoms with Crippen LogP contribution in [0.15, 0.2) is 12.1 Å². The lowest BCUT2D eigenvalue weighted by Gasteiger charge is -2.31. The number of rotatable bonds is 2. The molecule has 1 saturated heterocycles. The summed E-state index contributed by atoms with van der Waals surface area (Å²) in [6, 6.07) is 6.63. The molecule has 1 atom stereocenters. The molecule has 0 spiro atoms. The van der Waals surface area contributed by atoms with E-state index in [0.717, 1.165) is 24.5 Å². The fourth-order valence-corrected chi connectivity index (χ4v) is 2.73. The fourth-order valence-electron chi connectivity index (χ4n) is 2.73. The highest BCUT2D eigenvalue weighted by Gasteiger charge is 2.23. The van der Waals surface area contributed by atoms with Gasteiger partial charge in [0.15, 0.2) is 0 Å². The molecule has 0 aromatic carbocycles. The molecular formula is C15H21N3. The van der Waals surface area contributed by atoms with Gasteiger partial charge in [0.05, 0.1) is 5.56 Å². The lowest BCUT2D eigenvalue weighted by molar-refractivity contribution is 0.551. The number of nitrogens with zero attached hydrogens (tertiary/aromatic N) is 3. The van der Waals surface area contributed by atoms with Crippen molar-refractivity contribution < 1.29 is 0 Å². The van der Waals surface area contributed by atoms with Gasteiger partial charge in [-0.1, -0.05) is 19.8 Å². The Balaban J connectivity index is 2.38. The molecule has 0 saturated carbocycles. The molecule has 0 bridgehead atoms. The Kier molecular flexibility index (Phi) is 4.19. The average Bonchev–Trinajstić information content (AvgIpc) is 2.63. The largest absolute Gasteiger partial charge is 0.353 e. The molecule has 96 valence electrons. The molecule has 3 nitrogen and oxygen atoms in total. The Morgan fingerprint density at radius 1 is 1.39 bits per heavy atom. The minimum atomic E-state index is 0.536. The molecule has 1 aromatic rings. The number of aromatic nitrogens is 1. The van der Waals surface area contributed by atoms with Crippen LogP contribution in [-0.4, -0.2) is 17.6 Å². The summed E-state index contributed by atoms with van der Waals surface area (Å²) >= 11 is 0. The lowest BCUT2D eigenvalue weighted by atomic mass is 10.1. The highest BCUT2D eigenvalue weighted by molar-refractivity contribution is 5.55. The van der Waals surface area contributed by atoms with Crippen LogP contribution < -0.4 is 4.90 Å². The zero-order valence-electron chi connectivity index (χ0n) is 11.3. The summed E-state index contributed by atoms with van der Waals surface area (Å²) in [5, 5.41) is 9.25. The van der Waals surface area contributed by atoms with Crippen molar-refractivity contribution in [2.45, 2.75) is 52.0 Å². The third kappa shape index (κ3) is 2.64. The van der Waals surface area contributed by atoms with E-state index in [-0.39, 0.29) is 0 Å². The molecule has 0 aliphatic carbocycles. The SMILES string of the molecule is CCC1CCCCCN1c1nc(C)ccc1C#N. The zero-order chi connectivity index (χ0) is 13.0. The Labute approximate surface area is 109 Å². The Morgan fingerprint density at radius 2 is 2.22 bits per heavy atom. The second-order valence-corrected chi connectivity index (χ2v) is 5.04. The summed E-state index contributed by atoms with van der Waals surface area (Å²) in [6.45, 7) is 5.25. The van der Waals surface area contributed by atoms with Crippen molar-refractivity contribution in [2.75, 3.05) is 11.4 Å². The first-order chi connectivity index (χ1) is 8.76. The Bertz CT molecular complexity index is 448. The van der Waals surface area contributed by atoms with Gasteiger partial charge in [-0.15, -0.1) is 0 Å². The number of hydrogen-bond donors (Lipinski definition) is 0. The Hall–Kier alpha value is -1.56. The normalized spacial score (nSPS) is 20.3. The van der Waals surface area contributed by atoms with Gasteiger partial charge in [0.25, 0.3) is 0 Å². The van der Waals surface area contributed by atoms with Crippen LogP contribution in [-0.2, 0) is 0 Å². The van der Waals surface area contributed by atoms with Gasteiger partial charge in [0.2, 0.25) is 0 Å². The summed E-state index contributed by atoms with van der Waals surface area (Å²) in [5.74, 6) is 0.895. The molecule has 0 amide bonds. The molecule has 18 heavy (non-hydrogen) atoms. The van der Waals surface area contributed by atoms with Crippen molar-refractivity contribution in [2.24, 2.45) is 0 Å². The lowest BCUT2D eigenvalue weighted by Crippen LogP contribution is -2.35. The van der Waals surface area contributed by atoms with Gasteiger partial charge >= 0.3 is 0 Å². The van der Waals surface area contributed by atoms with E-state index in [0.29, 0.717) is 11.6 Å². The topological polar surface area (TPSA) is 39.9 Å². The fraction of sp³-hybridized carbons (Fsp3) is 0.600. The Morgan fingerprint density at radius 3 is 2.94 bits per heavy atom. The molecule has 1 aliphatic rings. The molecular weight excluding hydrogens is 222 g/mol. The quantitative estimate of drug-likeness (QED) is 0.799. The van der Waals surface area contributed by atoms with E-state index in [1.54, 1.807) is 0 Å². The zero-order valence-corrected chi connectivity index (χ0v) is 11.3. The molecule has 0 N–H and O–H groups in total. The number of pyridine rings is 1. The van der Waals surface area contributed by atoms with Crippen LogP contribution in [0.5, 0.6) is 0 Å². The number of hydrogen-bond acceptors (Lipinski definition) is 3. The van der Waals surface area contributed by atoms with Crippen molar-refractivity contribution in [3.8, 4) is 6.07 Å². The highest BCUT2D eigenvalue weighted by atomic mass is 15.2. The van der Waals surface area contributed by atoms with Gasteiger partial charge in [-0.2, -0.15) is 5.26 Å². The van der Waals surface area contributed by atoms with Crippen LogP contribution in [0.4, 0.5) is 5.82 Å². The van der Waals surface area contributed by atoms with E-state index in [9.17, 15) is 5.26 Å². The third-order valence-electron chi connectivity index (χ3n) is 3.76. The van der Waals surface area contributed by atoms with Crippen molar-refractivity contribution >= 4 is 5.82 Å². The van der Waals surface area contributed by atoms with Gasteiger partial charge in [-0.25, -0.2) is 4.98 Å². The molecule has 1 aliphatic heterocycles. The first-order valence-electron chi connectivity index (χ1n) is 6.90. The number of aryl methyl sites for hydroxylation is 1. The van der Waals surface area contributed by atoms with Crippen molar-refractivity contribution in [1.82, 2.24) is 4.98 Å². The molecule has 1 aromatic heterocycles. The summed E-state index contributed by atoms with van der Waals surface area (Å²) in [5.41, 5.74) is 1.70. The minimum absolute atomic E-state index is 0.536. The van der Waals surface area contributed by atoms with Crippen molar-refractivity contribution in [3.05, 3.63) is 23.4 Å². The molecule has 3 heteroatoms. The van der Waals surface area contributed by atoms with Crippen molar-refractivity contribution in [1.29, 1.82) is 5.26 Å². The average molecular weight is 243 g/mol. The maximum atomic E-state index is 9.25. The molecule has 2 heterocycles. The second-order valence-electron chi connectivity index (χ2n) is 5.04.